The third kappa shape index (κ3) is 3.99. The fourth-order valence-corrected chi connectivity index (χ4v) is 2.11. The molecule has 0 spiro atoms. The van der Waals surface area contributed by atoms with Gasteiger partial charge >= 0.3 is 0 Å². The second-order valence-electron chi connectivity index (χ2n) is 4.37. The van der Waals surface area contributed by atoms with Gasteiger partial charge in [0.1, 0.15) is 0 Å². The Morgan fingerprint density at radius 3 is 2.56 bits per heavy atom. The molecule has 1 heterocycles. The van der Waals surface area contributed by atoms with Gasteiger partial charge < -0.3 is 0 Å². The van der Waals surface area contributed by atoms with Gasteiger partial charge in [0.05, 0.1) is 0 Å². The fourth-order valence-electron chi connectivity index (χ4n) is 2.11. The van der Waals surface area contributed by atoms with E-state index in [-0.39, 0.29) is 12.4 Å². The summed E-state index contributed by atoms with van der Waals surface area (Å²) in [6.45, 7) is 7.57. The van der Waals surface area contributed by atoms with E-state index < -0.39 is 0 Å². The molecule has 0 bridgehead atoms. The van der Waals surface area contributed by atoms with E-state index in [2.05, 4.69) is 41.8 Å². The summed E-state index contributed by atoms with van der Waals surface area (Å²) in [5, 5.41) is 0. The predicted molar refractivity (Wildman–Crippen MR) is 72.0 cm³/mol. The van der Waals surface area contributed by atoms with Crippen LogP contribution in [0.4, 0.5) is 0 Å². The van der Waals surface area contributed by atoms with Crippen LogP contribution in [0.15, 0.2) is 42.5 Å². The SMILES string of the molecule is C=C1CCCN(Cc2ccccc2)CC1.Cl. The van der Waals surface area contributed by atoms with E-state index in [0.29, 0.717) is 0 Å². The second-order valence-corrected chi connectivity index (χ2v) is 4.37. The molecule has 1 saturated heterocycles. The molecule has 0 atom stereocenters. The van der Waals surface area contributed by atoms with Crippen LogP contribution in [0.5, 0.6) is 0 Å². The highest BCUT2D eigenvalue weighted by Crippen LogP contribution is 2.16. The zero-order chi connectivity index (χ0) is 10.5. The monoisotopic (exact) mass is 237 g/mol. The Hall–Kier alpha value is -0.790. The smallest absolute Gasteiger partial charge is 0.0233 e. The Bertz CT molecular complexity index is 321. The van der Waals surface area contributed by atoms with Crippen molar-refractivity contribution >= 4 is 12.4 Å². The number of hydrogen-bond donors (Lipinski definition) is 0. The third-order valence-electron chi connectivity index (χ3n) is 3.04. The van der Waals surface area contributed by atoms with Crippen LogP contribution in [-0.2, 0) is 6.54 Å². The lowest BCUT2D eigenvalue weighted by molar-refractivity contribution is 0.278. The Kier molecular flexibility index (Phi) is 5.58. The zero-order valence-corrected chi connectivity index (χ0v) is 10.5. The summed E-state index contributed by atoms with van der Waals surface area (Å²) in [4.78, 5) is 2.54. The van der Waals surface area contributed by atoms with Crippen LogP contribution in [0.3, 0.4) is 0 Å². The molecule has 1 nitrogen and oxygen atoms in total. The van der Waals surface area contributed by atoms with Gasteiger partial charge in [0.25, 0.3) is 0 Å². The van der Waals surface area contributed by atoms with Crippen molar-refractivity contribution in [1.82, 2.24) is 4.90 Å². The lowest BCUT2D eigenvalue weighted by Gasteiger charge is -2.19. The van der Waals surface area contributed by atoms with Crippen LogP contribution < -0.4 is 0 Å². The summed E-state index contributed by atoms with van der Waals surface area (Å²) >= 11 is 0. The topological polar surface area (TPSA) is 3.24 Å². The number of halogens is 1. The molecule has 1 fully saturated rings. The van der Waals surface area contributed by atoms with E-state index in [4.69, 9.17) is 0 Å². The van der Waals surface area contributed by atoms with Crippen molar-refractivity contribution in [3.05, 3.63) is 48.0 Å². The minimum atomic E-state index is 0. The second kappa shape index (κ2) is 6.72. The summed E-state index contributed by atoms with van der Waals surface area (Å²) < 4.78 is 0. The largest absolute Gasteiger partial charge is 0.299 e. The van der Waals surface area contributed by atoms with Crippen LogP contribution >= 0.6 is 12.4 Å². The van der Waals surface area contributed by atoms with Crippen LogP contribution in [0.1, 0.15) is 24.8 Å². The normalized spacial score (nSPS) is 17.6. The van der Waals surface area contributed by atoms with E-state index in [9.17, 15) is 0 Å². The summed E-state index contributed by atoms with van der Waals surface area (Å²) in [6, 6.07) is 10.7. The van der Waals surface area contributed by atoms with Crippen molar-refractivity contribution in [1.29, 1.82) is 0 Å². The molecule has 0 aliphatic carbocycles. The van der Waals surface area contributed by atoms with Crippen LogP contribution in [-0.4, -0.2) is 18.0 Å². The van der Waals surface area contributed by atoms with Crippen LogP contribution in [0.2, 0.25) is 0 Å². The van der Waals surface area contributed by atoms with Crippen LogP contribution in [0.25, 0.3) is 0 Å². The van der Waals surface area contributed by atoms with E-state index in [0.717, 1.165) is 6.54 Å². The minimum absolute atomic E-state index is 0. The fraction of sp³-hybridized carbons (Fsp3) is 0.429. The highest BCUT2D eigenvalue weighted by atomic mass is 35.5. The van der Waals surface area contributed by atoms with Gasteiger partial charge in [0, 0.05) is 13.1 Å². The predicted octanol–water partition coefficient (Wildman–Crippen LogP) is 3.65. The van der Waals surface area contributed by atoms with E-state index >= 15 is 0 Å². The molecule has 0 N–H and O–H groups in total. The van der Waals surface area contributed by atoms with Crippen molar-refractivity contribution < 1.29 is 0 Å². The number of rotatable bonds is 2. The lowest BCUT2D eigenvalue weighted by Crippen LogP contribution is -2.23. The maximum absolute atomic E-state index is 4.09. The highest BCUT2D eigenvalue weighted by Gasteiger charge is 2.10. The molecule has 88 valence electrons. The van der Waals surface area contributed by atoms with Gasteiger partial charge in [-0.25, -0.2) is 0 Å². The van der Waals surface area contributed by atoms with Crippen molar-refractivity contribution in [3.8, 4) is 0 Å². The Labute approximate surface area is 105 Å². The Morgan fingerprint density at radius 2 is 1.81 bits per heavy atom. The number of nitrogens with zero attached hydrogens (tertiary/aromatic N) is 1. The molecule has 2 heteroatoms. The van der Waals surface area contributed by atoms with Gasteiger partial charge in [-0.2, -0.15) is 0 Å². The van der Waals surface area contributed by atoms with Crippen molar-refractivity contribution in [3.63, 3.8) is 0 Å². The van der Waals surface area contributed by atoms with Crippen molar-refractivity contribution in [2.24, 2.45) is 0 Å². The zero-order valence-electron chi connectivity index (χ0n) is 9.69. The van der Waals surface area contributed by atoms with Gasteiger partial charge in [0.15, 0.2) is 0 Å². The lowest BCUT2D eigenvalue weighted by atomic mass is 10.1. The molecule has 0 radical (unpaired) electrons. The molecule has 0 unspecified atom stereocenters. The van der Waals surface area contributed by atoms with Crippen molar-refractivity contribution in [2.45, 2.75) is 25.8 Å². The van der Waals surface area contributed by atoms with Gasteiger partial charge in [0.2, 0.25) is 0 Å². The molecular formula is C14H20ClN. The van der Waals surface area contributed by atoms with Crippen molar-refractivity contribution in [2.75, 3.05) is 13.1 Å². The molecule has 0 saturated carbocycles. The van der Waals surface area contributed by atoms with Gasteiger partial charge in [-0.1, -0.05) is 42.5 Å². The molecule has 0 amide bonds. The average Bonchev–Trinajstić information content (AvgIpc) is 2.46. The Balaban J connectivity index is 0.00000128. The minimum Gasteiger partial charge on any atom is -0.299 e. The quantitative estimate of drug-likeness (QED) is 0.710. The first-order chi connectivity index (χ1) is 7.34. The van der Waals surface area contributed by atoms with Gasteiger partial charge in [-0.05, 0) is 31.4 Å². The standard InChI is InChI=1S/C14H19N.ClH/c1-13-6-5-10-15(11-9-13)12-14-7-3-2-4-8-14;/h2-4,7-8H,1,5-6,9-12H2;1H. The Morgan fingerprint density at radius 1 is 1.06 bits per heavy atom. The van der Waals surface area contributed by atoms with Gasteiger partial charge in [-0.15, -0.1) is 12.4 Å². The summed E-state index contributed by atoms with van der Waals surface area (Å²) in [6.07, 6.45) is 3.66. The van der Waals surface area contributed by atoms with Crippen LogP contribution in [0, 0.1) is 0 Å². The highest BCUT2D eigenvalue weighted by molar-refractivity contribution is 5.85. The summed E-state index contributed by atoms with van der Waals surface area (Å²) in [5.74, 6) is 0. The summed E-state index contributed by atoms with van der Waals surface area (Å²) in [5.41, 5.74) is 2.84. The first-order valence-corrected chi connectivity index (χ1v) is 5.77. The maximum atomic E-state index is 4.09. The number of benzene rings is 1. The molecule has 1 aromatic carbocycles. The van der Waals surface area contributed by atoms with Gasteiger partial charge in [-0.3, -0.25) is 4.90 Å². The number of hydrogen-bond acceptors (Lipinski definition) is 1. The number of likely N-dealkylation sites (tertiary alicyclic amines) is 1. The van der Waals surface area contributed by atoms with E-state index in [1.165, 1.54) is 43.5 Å². The molecule has 0 aromatic heterocycles. The molecule has 1 aromatic rings. The summed E-state index contributed by atoms with van der Waals surface area (Å²) in [7, 11) is 0. The molecule has 1 aliphatic heterocycles. The first kappa shape index (κ1) is 13.3. The molecular weight excluding hydrogens is 218 g/mol. The average molecular weight is 238 g/mol. The van der Waals surface area contributed by atoms with E-state index in [1.54, 1.807) is 0 Å². The van der Waals surface area contributed by atoms with E-state index in [1.807, 2.05) is 0 Å². The first-order valence-electron chi connectivity index (χ1n) is 5.77. The third-order valence-corrected chi connectivity index (χ3v) is 3.04. The molecule has 2 rings (SSSR count). The maximum Gasteiger partial charge on any atom is 0.0233 e. The molecule has 1 aliphatic rings. The molecule has 16 heavy (non-hydrogen) atoms.